The van der Waals surface area contributed by atoms with Gasteiger partial charge >= 0.3 is 12.0 Å². The molecule has 1 aliphatic heterocycles. The van der Waals surface area contributed by atoms with Crippen molar-refractivity contribution in [2.75, 3.05) is 46.8 Å². The highest BCUT2D eigenvalue weighted by molar-refractivity contribution is 5.73. The third kappa shape index (κ3) is 6.72. The lowest BCUT2D eigenvalue weighted by Crippen LogP contribution is -2.55. The van der Waals surface area contributed by atoms with Crippen LogP contribution >= 0.6 is 0 Å². The molecule has 1 saturated heterocycles. The molecule has 0 aromatic carbocycles. The summed E-state index contributed by atoms with van der Waals surface area (Å²) in [5.41, 5.74) is 0. The van der Waals surface area contributed by atoms with Crippen molar-refractivity contribution in [1.82, 2.24) is 20.4 Å². The molecule has 1 unspecified atom stereocenters. The second kappa shape index (κ2) is 8.76. The van der Waals surface area contributed by atoms with Crippen LogP contribution in [0.3, 0.4) is 0 Å². The third-order valence-electron chi connectivity index (χ3n) is 3.58. The Morgan fingerprint density at radius 3 is 2.65 bits per heavy atom. The fourth-order valence-electron chi connectivity index (χ4n) is 2.20. The Labute approximate surface area is 120 Å². The van der Waals surface area contributed by atoms with Gasteiger partial charge in [0.15, 0.2) is 0 Å². The number of rotatable bonds is 7. The minimum Gasteiger partial charge on any atom is -0.481 e. The Bertz CT molecular complexity index is 325. The standard InChI is InChI=1S/C13H26N4O3/c1-16-7-8-17(2)11(10-16)9-15-13(20)14-6-4-3-5-12(18)19/h11H,3-10H2,1-2H3,(H,18,19)(H2,14,15,20). The second-order valence-corrected chi connectivity index (χ2v) is 5.38. The number of hydrogen-bond donors (Lipinski definition) is 3. The molecule has 1 aliphatic rings. The quantitative estimate of drug-likeness (QED) is 0.564. The minimum atomic E-state index is -0.793. The van der Waals surface area contributed by atoms with Crippen molar-refractivity contribution in [3.05, 3.63) is 0 Å². The van der Waals surface area contributed by atoms with E-state index >= 15 is 0 Å². The molecule has 20 heavy (non-hydrogen) atoms. The number of carboxylic acids is 1. The van der Waals surface area contributed by atoms with E-state index in [1.165, 1.54) is 0 Å². The number of carbonyl (C=O) groups is 2. The van der Waals surface area contributed by atoms with Crippen molar-refractivity contribution in [2.24, 2.45) is 0 Å². The molecule has 0 radical (unpaired) electrons. The van der Waals surface area contributed by atoms with Crippen LogP contribution in [-0.4, -0.2) is 79.8 Å². The molecule has 7 heteroatoms. The van der Waals surface area contributed by atoms with Crippen molar-refractivity contribution in [1.29, 1.82) is 0 Å². The molecule has 0 bridgehead atoms. The first-order valence-corrected chi connectivity index (χ1v) is 7.11. The number of aliphatic carboxylic acids is 1. The molecular weight excluding hydrogens is 260 g/mol. The summed E-state index contributed by atoms with van der Waals surface area (Å²) in [6.45, 7) is 4.17. The summed E-state index contributed by atoms with van der Waals surface area (Å²) < 4.78 is 0. The molecule has 3 N–H and O–H groups in total. The minimum absolute atomic E-state index is 0.155. The first-order chi connectivity index (χ1) is 9.49. The van der Waals surface area contributed by atoms with Crippen LogP contribution in [0, 0.1) is 0 Å². The molecule has 0 aromatic rings. The van der Waals surface area contributed by atoms with Crippen molar-refractivity contribution < 1.29 is 14.7 Å². The maximum Gasteiger partial charge on any atom is 0.314 e. The van der Waals surface area contributed by atoms with Crippen LogP contribution in [0.4, 0.5) is 4.79 Å². The summed E-state index contributed by atoms with van der Waals surface area (Å²) >= 11 is 0. The summed E-state index contributed by atoms with van der Waals surface area (Å²) in [6, 6.07) is 0.161. The summed E-state index contributed by atoms with van der Waals surface area (Å²) in [5, 5.41) is 14.1. The monoisotopic (exact) mass is 286 g/mol. The van der Waals surface area contributed by atoms with Gasteiger partial charge in [-0.25, -0.2) is 4.79 Å². The van der Waals surface area contributed by atoms with Gasteiger partial charge < -0.3 is 20.6 Å². The number of nitrogens with zero attached hydrogens (tertiary/aromatic N) is 2. The summed E-state index contributed by atoms with van der Waals surface area (Å²) in [4.78, 5) is 26.4. The highest BCUT2D eigenvalue weighted by Gasteiger charge is 2.22. The molecule has 0 aromatic heterocycles. The maximum atomic E-state index is 11.6. The van der Waals surface area contributed by atoms with Gasteiger partial charge in [0.05, 0.1) is 0 Å². The largest absolute Gasteiger partial charge is 0.481 e. The van der Waals surface area contributed by atoms with Gasteiger partial charge in [0.25, 0.3) is 0 Å². The molecule has 1 rings (SSSR count). The number of nitrogens with one attached hydrogen (secondary N) is 2. The molecule has 1 atom stereocenters. The normalized spacial score (nSPS) is 20.6. The number of piperazine rings is 1. The van der Waals surface area contributed by atoms with Crippen LogP contribution in [0.5, 0.6) is 0 Å². The number of amides is 2. The number of urea groups is 1. The Kier molecular flexibility index (Phi) is 7.32. The van der Waals surface area contributed by atoms with Gasteiger partial charge in [-0.1, -0.05) is 0 Å². The lowest BCUT2D eigenvalue weighted by molar-refractivity contribution is -0.137. The fraction of sp³-hybridized carbons (Fsp3) is 0.846. The van der Waals surface area contributed by atoms with E-state index in [1.807, 2.05) is 0 Å². The van der Waals surface area contributed by atoms with Gasteiger partial charge in [0.2, 0.25) is 0 Å². The predicted molar refractivity (Wildman–Crippen MR) is 76.8 cm³/mol. The summed E-state index contributed by atoms with van der Waals surface area (Å²) in [6.07, 6.45) is 1.43. The van der Waals surface area contributed by atoms with E-state index in [1.54, 1.807) is 0 Å². The zero-order valence-electron chi connectivity index (χ0n) is 12.4. The van der Waals surface area contributed by atoms with Gasteiger partial charge in [0, 0.05) is 45.2 Å². The molecule has 2 amide bonds. The van der Waals surface area contributed by atoms with E-state index in [9.17, 15) is 9.59 Å². The zero-order chi connectivity index (χ0) is 15.0. The van der Waals surface area contributed by atoms with Crippen LogP contribution in [0.2, 0.25) is 0 Å². The van der Waals surface area contributed by atoms with E-state index in [2.05, 4.69) is 34.5 Å². The number of likely N-dealkylation sites (N-methyl/N-ethyl adjacent to an activating group) is 2. The Morgan fingerprint density at radius 2 is 1.95 bits per heavy atom. The number of carbonyl (C=O) groups excluding carboxylic acids is 1. The van der Waals surface area contributed by atoms with Crippen molar-refractivity contribution in [2.45, 2.75) is 25.3 Å². The highest BCUT2D eigenvalue weighted by Crippen LogP contribution is 2.04. The molecule has 0 spiro atoms. The van der Waals surface area contributed by atoms with Gasteiger partial charge in [-0.2, -0.15) is 0 Å². The molecule has 0 aliphatic carbocycles. The molecular formula is C13H26N4O3. The third-order valence-corrected chi connectivity index (χ3v) is 3.58. The Morgan fingerprint density at radius 1 is 1.20 bits per heavy atom. The number of hydrogen-bond acceptors (Lipinski definition) is 4. The van der Waals surface area contributed by atoms with Crippen molar-refractivity contribution in [3.63, 3.8) is 0 Å². The Hall–Kier alpha value is -1.34. The van der Waals surface area contributed by atoms with Crippen LogP contribution in [0.15, 0.2) is 0 Å². The number of carboxylic acid groups (broad SMARTS) is 1. The van der Waals surface area contributed by atoms with Gasteiger partial charge in [0.1, 0.15) is 0 Å². The second-order valence-electron chi connectivity index (χ2n) is 5.38. The average Bonchev–Trinajstić information content (AvgIpc) is 2.39. The number of unbranched alkanes of at least 4 members (excludes halogenated alkanes) is 1. The summed E-state index contributed by atoms with van der Waals surface area (Å²) in [7, 11) is 4.16. The highest BCUT2D eigenvalue weighted by atomic mass is 16.4. The first kappa shape index (κ1) is 16.7. The van der Waals surface area contributed by atoms with E-state index in [4.69, 9.17) is 5.11 Å². The molecule has 116 valence electrons. The predicted octanol–water partition coefficient (Wildman–Crippen LogP) is -0.214. The SMILES string of the molecule is CN1CCN(C)C(CNC(=O)NCCCCC(=O)O)C1. The van der Waals surface area contributed by atoms with Gasteiger partial charge in [-0.05, 0) is 26.9 Å². The lowest BCUT2D eigenvalue weighted by Gasteiger charge is -2.37. The topological polar surface area (TPSA) is 84.9 Å². The molecule has 0 saturated carbocycles. The maximum absolute atomic E-state index is 11.6. The van der Waals surface area contributed by atoms with Crippen LogP contribution in [0.25, 0.3) is 0 Å². The van der Waals surface area contributed by atoms with Gasteiger partial charge in [-0.15, -0.1) is 0 Å². The van der Waals surface area contributed by atoms with Gasteiger partial charge in [-0.3, -0.25) is 9.69 Å². The average molecular weight is 286 g/mol. The Balaban J connectivity index is 2.08. The van der Waals surface area contributed by atoms with E-state index in [0.29, 0.717) is 32.0 Å². The molecule has 7 nitrogen and oxygen atoms in total. The van der Waals surface area contributed by atoms with Crippen LogP contribution in [-0.2, 0) is 4.79 Å². The first-order valence-electron chi connectivity index (χ1n) is 7.11. The van der Waals surface area contributed by atoms with E-state index in [-0.39, 0.29) is 12.5 Å². The lowest BCUT2D eigenvalue weighted by atomic mass is 10.2. The molecule has 1 fully saturated rings. The smallest absolute Gasteiger partial charge is 0.314 e. The van der Waals surface area contributed by atoms with Crippen LogP contribution < -0.4 is 10.6 Å². The fourth-order valence-corrected chi connectivity index (χ4v) is 2.20. The van der Waals surface area contributed by atoms with Crippen LogP contribution in [0.1, 0.15) is 19.3 Å². The molecule has 1 heterocycles. The van der Waals surface area contributed by atoms with E-state index < -0.39 is 5.97 Å². The zero-order valence-corrected chi connectivity index (χ0v) is 12.4. The van der Waals surface area contributed by atoms with E-state index in [0.717, 1.165) is 19.6 Å². The van der Waals surface area contributed by atoms with Crippen molar-refractivity contribution in [3.8, 4) is 0 Å². The van der Waals surface area contributed by atoms with Crippen molar-refractivity contribution >= 4 is 12.0 Å². The summed E-state index contributed by atoms with van der Waals surface area (Å²) in [5.74, 6) is -0.793.